The van der Waals surface area contributed by atoms with Crippen LogP contribution in [0.25, 0.3) is 0 Å². The number of aryl methyl sites for hydroxylation is 2. The van der Waals surface area contributed by atoms with Crippen LogP contribution in [-0.2, 0) is 19.4 Å². The lowest BCUT2D eigenvalue weighted by molar-refractivity contribution is -0.137. The lowest BCUT2D eigenvalue weighted by Crippen LogP contribution is -2.43. The van der Waals surface area contributed by atoms with Gasteiger partial charge in [0, 0.05) is 13.1 Å². The zero-order valence-corrected chi connectivity index (χ0v) is 14.3. The number of methoxy groups -OCH3 is 1. The average molecular weight is 343 g/mol. The van der Waals surface area contributed by atoms with Crippen LogP contribution in [0.3, 0.4) is 0 Å². The van der Waals surface area contributed by atoms with Crippen LogP contribution in [0.2, 0.25) is 0 Å². The maximum Gasteiger partial charge on any atom is 0.320 e. The first-order valence-electron chi connectivity index (χ1n) is 7.39. The molecule has 0 atom stereocenters. The maximum atomic E-state index is 12.5. The fourth-order valence-electron chi connectivity index (χ4n) is 2.77. The molecule has 8 heteroatoms. The Morgan fingerprint density at radius 2 is 1.91 bits per heavy atom. The number of sulfone groups is 1. The number of likely N-dealkylation sites (tertiary alicyclic amines) is 1. The highest BCUT2D eigenvalue weighted by Crippen LogP contribution is 2.22. The van der Waals surface area contributed by atoms with E-state index in [9.17, 15) is 18.0 Å². The monoisotopic (exact) mass is 343 g/mol. The Morgan fingerprint density at radius 3 is 2.39 bits per heavy atom. The van der Waals surface area contributed by atoms with Crippen LogP contribution in [0.15, 0.2) is 10.5 Å². The van der Waals surface area contributed by atoms with Crippen molar-refractivity contribution in [3.8, 4) is 0 Å². The molecule has 0 spiro atoms. The van der Waals surface area contributed by atoms with Gasteiger partial charge in [-0.2, -0.15) is 0 Å². The smallest absolute Gasteiger partial charge is 0.320 e. The second-order valence-corrected chi connectivity index (χ2v) is 7.98. The number of hydrogen-bond donors (Lipinski definition) is 0. The summed E-state index contributed by atoms with van der Waals surface area (Å²) in [4.78, 5) is 25.3. The summed E-state index contributed by atoms with van der Waals surface area (Å²) < 4.78 is 34.1. The molecular formula is C15H21NO6S. The van der Waals surface area contributed by atoms with Gasteiger partial charge >= 0.3 is 5.97 Å². The fourth-order valence-corrected chi connectivity index (χ4v) is 4.38. The van der Waals surface area contributed by atoms with Gasteiger partial charge in [-0.25, -0.2) is 8.42 Å². The Hall–Kier alpha value is -1.83. The fraction of sp³-hybridized carbons (Fsp3) is 0.600. The van der Waals surface area contributed by atoms with E-state index in [0.717, 1.165) is 7.11 Å². The molecule has 1 fully saturated rings. The standard InChI is InChI=1S/C15H21NO6S/c1-10-8-13(11(2)22-10)15(18)16-6-4-12(5-7-16)23(19,20)9-14(17)21-3/h8,12H,4-7,9H2,1-3H3. The Bertz CT molecular complexity index is 698. The summed E-state index contributed by atoms with van der Waals surface area (Å²) in [5.74, 6) is -0.284. The molecule has 0 radical (unpaired) electrons. The normalized spacial score (nSPS) is 16.4. The van der Waals surface area contributed by atoms with E-state index in [1.54, 1.807) is 24.8 Å². The number of ether oxygens (including phenoxy) is 1. The summed E-state index contributed by atoms with van der Waals surface area (Å²) in [5.41, 5.74) is 0.512. The summed E-state index contributed by atoms with van der Waals surface area (Å²) in [7, 11) is -2.38. The van der Waals surface area contributed by atoms with Crippen molar-refractivity contribution in [2.45, 2.75) is 31.9 Å². The van der Waals surface area contributed by atoms with Crippen LogP contribution in [0, 0.1) is 13.8 Å². The first kappa shape index (κ1) is 17.5. The number of nitrogens with zero attached hydrogens (tertiary/aromatic N) is 1. The number of esters is 1. The first-order valence-corrected chi connectivity index (χ1v) is 9.11. The van der Waals surface area contributed by atoms with Crippen molar-refractivity contribution in [1.29, 1.82) is 0 Å². The molecule has 1 aromatic heterocycles. The van der Waals surface area contributed by atoms with E-state index in [2.05, 4.69) is 4.74 Å². The third kappa shape index (κ3) is 3.93. The highest BCUT2D eigenvalue weighted by Gasteiger charge is 2.34. The number of carbonyl (C=O) groups is 2. The number of amides is 1. The Labute approximate surface area is 135 Å². The van der Waals surface area contributed by atoms with Crippen molar-refractivity contribution in [2.24, 2.45) is 0 Å². The molecular weight excluding hydrogens is 322 g/mol. The van der Waals surface area contributed by atoms with E-state index in [1.807, 2.05) is 0 Å². The van der Waals surface area contributed by atoms with Gasteiger partial charge in [0.05, 0.1) is 17.9 Å². The molecule has 2 heterocycles. The SMILES string of the molecule is COC(=O)CS(=O)(=O)C1CCN(C(=O)c2cc(C)oc2C)CC1. The van der Waals surface area contributed by atoms with Gasteiger partial charge in [-0.05, 0) is 32.8 Å². The Balaban J connectivity index is 2.00. The second-order valence-electron chi connectivity index (χ2n) is 5.70. The van der Waals surface area contributed by atoms with Gasteiger partial charge in [-0.15, -0.1) is 0 Å². The van der Waals surface area contributed by atoms with Crippen LogP contribution in [0.1, 0.15) is 34.7 Å². The average Bonchev–Trinajstić information content (AvgIpc) is 2.84. The predicted molar refractivity (Wildman–Crippen MR) is 82.9 cm³/mol. The number of piperidine rings is 1. The van der Waals surface area contributed by atoms with Gasteiger partial charge in [0.15, 0.2) is 9.84 Å². The van der Waals surface area contributed by atoms with Gasteiger partial charge in [-0.1, -0.05) is 0 Å². The lowest BCUT2D eigenvalue weighted by atomic mass is 10.1. The summed E-state index contributed by atoms with van der Waals surface area (Å²) in [6.45, 7) is 4.18. The minimum atomic E-state index is -3.54. The summed E-state index contributed by atoms with van der Waals surface area (Å²) in [5, 5.41) is -0.613. The van der Waals surface area contributed by atoms with Crippen LogP contribution >= 0.6 is 0 Å². The quantitative estimate of drug-likeness (QED) is 0.760. The molecule has 1 aliphatic heterocycles. The topological polar surface area (TPSA) is 93.9 Å². The summed E-state index contributed by atoms with van der Waals surface area (Å²) in [6.07, 6.45) is 0.641. The van der Waals surface area contributed by atoms with Crippen molar-refractivity contribution in [2.75, 3.05) is 26.0 Å². The lowest BCUT2D eigenvalue weighted by Gasteiger charge is -2.31. The third-order valence-corrected chi connectivity index (χ3v) is 6.18. The molecule has 23 heavy (non-hydrogen) atoms. The molecule has 1 aromatic rings. The largest absolute Gasteiger partial charge is 0.468 e. The van der Waals surface area contributed by atoms with Crippen molar-refractivity contribution in [1.82, 2.24) is 4.90 Å². The molecule has 7 nitrogen and oxygen atoms in total. The van der Waals surface area contributed by atoms with Crippen molar-refractivity contribution < 1.29 is 27.2 Å². The molecule has 0 aromatic carbocycles. The molecule has 128 valence electrons. The van der Waals surface area contributed by atoms with E-state index in [4.69, 9.17) is 4.42 Å². The van der Waals surface area contributed by atoms with Crippen LogP contribution in [0.5, 0.6) is 0 Å². The van der Waals surface area contributed by atoms with Crippen molar-refractivity contribution in [3.63, 3.8) is 0 Å². The molecule has 0 bridgehead atoms. The van der Waals surface area contributed by atoms with E-state index >= 15 is 0 Å². The van der Waals surface area contributed by atoms with E-state index in [1.165, 1.54) is 0 Å². The van der Waals surface area contributed by atoms with E-state index in [-0.39, 0.29) is 5.91 Å². The van der Waals surface area contributed by atoms with Gasteiger partial charge in [0.2, 0.25) is 0 Å². The number of furan rings is 1. The third-order valence-electron chi connectivity index (χ3n) is 4.06. The van der Waals surface area contributed by atoms with Crippen LogP contribution < -0.4 is 0 Å². The Kier molecular flexibility index (Phi) is 5.13. The molecule has 1 aliphatic rings. The number of hydrogen-bond acceptors (Lipinski definition) is 6. The van der Waals surface area contributed by atoms with Crippen LogP contribution in [-0.4, -0.2) is 56.4 Å². The number of carbonyl (C=O) groups excluding carboxylic acids is 2. The summed E-state index contributed by atoms with van der Waals surface area (Å²) in [6, 6.07) is 1.69. The molecule has 0 saturated carbocycles. The zero-order valence-electron chi connectivity index (χ0n) is 13.5. The van der Waals surface area contributed by atoms with E-state index in [0.29, 0.717) is 43.0 Å². The molecule has 0 unspecified atom stereocenters. The number of rotatable bonds is 4. The second kappa shape index (κ2) is 6.74. The highest BCUT2D eigenvalue weighted by atomic mass is 32.2. The maximum absolute atomic E-state index is 12.5. The van der Waals surface area contributed by atoms with Crippen LogP contribution in [0.4, 0.5) is 0 Å². The molecule has 0 N–H and O–H groups in total. The van der Waals surface area contributed by atoms with E-state index < -0.39 is 26.8 Å². The highest BCUT2D eigenvalue weighted by molar-refractivity contribution is 7.92. The Morgan fingerprint density at radius 1 is 1.30 bits per heavy atom. The molecule has 0 aliphatic carbocycles. The minimum absolute atomic E-state index is 0.150. The first-order chi connectivity index (χ1) is 10.7. The molecule has 2 rings (SSSR count). The predicted octanol–water partition coefficient (Wildman–Crippen LogP) is 1.09. The van der Waals surface area contributed by atoms with Gasteiger partial charge in [0.25, 0.3) is 5.91 Å². The van der Waals surface area contributed by atoms with Gasteiger partial charge < -0.3 is 14.1 Å². The van der Waals surface area contributed by atoms with Gasteiger partial charge in [0.1, 0.15) is 17.3 Å². The zero-order chi connectivity index (χ0) is 17.2. The summed E-state index contributed by atoms with van der Waals surface area (Å²) >= 11 is 0. The van der Waals surface area contributed by atoms with Crippen molar-refractivity contribution >= 4 is 21.7 Å². The van der Waals surface area contributed by atoms with Gasteiger partial charge in [-0.3, -0.25) is 9.59 Å². The van der Waals surface area contributed by atoms with Crippen molar-refractivity contribution in [3.05, 3.63) is 23.2 Å². The minimum Gasteiger partial charge on any atom is -0.468 e. The molecule has 1 saturated heterocycles. The molecule has 1 amide bonds.